The first-order valence-corrected chi connectivity index (χ1v) is 6.04. The van der Waals surface area contributed by atoms with Crippen LogP contribution >= 0.6 is 0 Å². The standard InChI is InChI=1S/C12H24O3/c1-4-7-8-10-15-11(9-5-2)12(13)14-6-3/h11H,4-10H2,1-3H3. The Morgan fingerprint density at radius 3 is 2.40 bits per heavy atom. The van der Waals surface area contributed by atoms with Crippen LogP contribution in [0.5, 0.6) is 0 Å². The summed E-state index contributed by atoms with van der Waals surface area (Å²) in [5, 5.41) is 0. The molecule has 0 heterocycles. The molecule has 0 spiro atoms. The summed E-state index contributed by atoms with van der Waals surface area (Å²) in [5.41, 5.74) is 0. The molecule has 0 aliphatic rings. The van der Waals surface area contributed by atoms with Crippen molar-refractivity contribution in [3.8, 4) is 0 Å². The van der Waals surface area contributed by atoms with Crippen LogP contribution in [0, 0.1) is 0 Å². The van der Waals surface area contributed by atoms with Gasteiger partial charge < -0.3 is 9.47 Å². The summed E-state index contributed by atoms with van der Waals surface area (Å²) in [5.74, 6) is -0.212. The van der Waals surface area contributed by atoms with Crippen LogP contribution in [0.1, 0.15) is 52.9 Å². The zero-order chi connectivity index (χ0) is 11.5. The van der Waals surface area contributed by atoms with E-state index in [2.05, 4.69) is 6.92 Å². The molecule has 0 N–H and O–H groups in total. The fourth-order valence-corrected chi connectivity index (χ4v) is 1.34. The summed E-state index contributed by atoms with van der Waals surface area (Å²) >= 11 is 0. The molecule has 90 valence electrons. The average molecular weight is 216 g/mol. The smallest absolute Gasteiger partial charge is 0.335 e. The highest BCUT2D eigenvalue weighted by Crippen LogP contribution is 2.06. The maximum absolute atomic E-state index is 11.4. The average Bonchev–Trinajstić information content (AvgIpc) is 2.23. The molecule has 0 radical (unpaired) electrons. The van der Waals surface area contributed by atoms with Crippen LogP contribution in [0.25, 0.3) is 0 Å². The Balaban J connectivity index is 3.76. The minimum Gasteiger partial charge on any atom is -0.464 e. The first-order valence-electron chi connectivity index (χ1n) is 6.04. The number of esters is 1. The summed E-state index contributed by atoms with van der Waals surface area (Å²) in [6.45, 7) is 7.10. The number of carbonyl (C=O) groups is 1. The molecule has 3 heteroatoms. The molecule has 0 amide bonds. The van der Waals surface area contributed by atoms with Gasteiger partial charge in [0.15, 0.2) is 6.10 Å². The second-order valence-electron chi connectivity index (χ2n) is 3.61. The summed E-state index contributed by atoms with van der Waals surface area (Å²) in [6, 6.07) is 0. The Hall–Kier alpha value is -0.570. The zero-order valence-electron chi connectivity index (χ0n) is 10.3. The molecule has 3 nitrogen and oxygen atoms in total. The van der Waals surface area contributed by atoms with Crippen LogP contribution < -0.4 is 0 Å². The molecule has 0 aromatic carbocycles. The lowest BCUT2D eigenvalue weighted by molar-refractivity contribution is -0.157. The third kappa shape index (κ3) is 7.37. The van der Waals surface area contributed by atoms with Crippen molar-refractivity contribution >= 4 is 5.97 Å². The molecule has 0 fully saturated rings. The van der Waals surface area contributed by atoms with E-state index in [1.54, 1.807) is 0 Å². The Kier molecular flexibility index (Phi) is 9.59. The summed E-state index contributed by atoms with van der Waals surface area (Å²) in [4.78, 5) is 11.4. The topological polar surface area (TPSA) is 35.5 Å². The minimum absolute atomic E-state index is 0.212. The van der Waals surface area contributed by atoms with Crippen molar-refractivity contribution in [1.29, 1.82) is 0 Å². The number of unbranched alkanes of at least 4 members (excludes halogenated alkanes) is 2. The van der Waals surface area contributed by atoms with Crippen molar-refractivity contribution < 1.29 is 14.3 Å². The zero-order valence-corrected chi connectivity index (χ0v) is 10.3. The highest BCUT2D eigenvalue weighted by Gasteiger charge is 2.18. The van der Waals surface area contributed by atoms with Crippen LogP contribution in [0.15, 0.2) is 0 Å². The maximum Gasteiger partial charge on any atom is 0.335 e. The van der Waals surface area contributed by atoms with Crippen LogP contribution in [0.4, 0.5) is 0 Å². The Morgan fingerprint density at radius 1 is 1.13 bits per heavy atom. The van der Waals surface area contributed by atoms with Crippen molar-refractivity contribution in [2.45, 2.75) is 59.0 Å². The van der Waals surface area contributed by atoms with Crippen LogP contribution in [0.3, 0.4) is 0 Å². The van der Waals surface area contributed by atoms with Crippen LogP contribution in [-0.2, 0) is 14.3 Å². The third-order valence-corrected chi connectivity index (χ3v) is 2.17. The molecule has 1 atom stereocenters. The van der Waals surface area contributed by atoms with Gasteiger partial charge in [0.25, 0.3) is 0 Å². The molecule has 0 bridgehead atoms. The molecule has 0 aliphatic heterocycles. The first kappa shape index (κ1) is 14.4. The second-order valence-corrected chi connectivity index (χ2v) is 3.61. The molecular formula is C12H24O3. The van der Waals surface area contributed by atoms with E-state index in [9.17, 15) is 4.79 Å². The van der Waals surface area contributed by atoms with E-state index in [0.717, 1.165) is 25.7 Å². The summed E-state index contributed by atoms with van der Waals surface area (Å²) < 4.78 is 10.5. The molecule has 15 heavy (non-hydrogen) atoms. The second kappa shape index (κ2) is 9.97. The van der Waals surface area contributed by atoms with E-state index in [4.69, 9.17) is 9.47 Å². The van der Waals surface area contributed by atoms with Gasteiger partial charge in [-0.25, -0.2) is 4.79 Å². The van der Waals surface area contributed by atoms with Gasteiger partial charge in [-0.3, -0.25) is 0 Å². The summed E-state index contributed by atoms with van der Waals surface area (Å²) in [7, 11) is 0. The van der Waals surface area contributed by atoms with E-state index in [-0.39, 0.29) is 12.1 Å². The van der Waals surface area contributed by atoms with Gasteiger partial charge in [0.2, 0.25) is 0 Å². The molecule has 0 rings (SSSR count). The van der Waals surface area contributed by atoms with Gasteiger partial charge in [-0.15, -0.1) is 0 Å². The number of carbonyl (C=O) groups excluding carboxylic acids is 1. The van der Waals surface area contributed by atoms with Gasteiger partial charge in [-0.2, -0.15) is 0 Å². The number of rotatable bonds is 9. The Morgan fingerprint density at radius 2 is 1.87 bits per heavy atom. The van der Waals surface area contributed by atoms with Gasteiger partial charge in [-0.05, 0) is 19.8 Å². The van der Waals surface area contributed by atoms with Crippen molar-refractivity contribution in [2.75, 3.05) is 13.2 Å². The van der Waals surface area contributed by atoms with Gasteiger partial charge in [-0.1, -0.05) is 33.1 Å². The largest absolute Gasteiger partial charge is 0.464 e. The van der Waals surface area contributed by atoms with Gasteiger partial charge in [0, 0.05) is 6.61 Å². The molecule has 0 aliphatic carbocycles. The van der Waals surface area contributed by atoms with Crippen LogP contribution in [-0.4, -0.2) is 25.3 Å². The van der Waals surface area contributed by atoms with Gasteiger partial charge in [0.05, 0.1) is 6.61 Å². The molecule has 0 saturated carbocycles. The first-order chi connectivity index (χ1) is 7.26. The number of ether oxygens (including phenoxy) is 2. The lowest BCUT2D eigenvalue weighted by Gasteiger charge is -2.15. The SMILES string of the molecule is CCCCCOC(CCC)C(=O)OCC. The van der Waals surface area contributed by atoms with Crippen molar-refractivity contribution in [2.24, 2.45) is 0 Å². The monoisotopic (exact) mass is 216 g/mol. The summed E-state index contributed by atoms with van der Waals surface area (Å²) in [6.07, 6.45) is 4.69. The predicted octanol–water partition coefficient (Wildman–Crippen LogP) is 2.93. The van der Waals surface area contributed by atoms with Crippen LogP contribution in [0.2, 0.25) is 0 Å². The lowest BCUT2D eigenvalue weighted by Crippen LogP contribution is -2.27. The third-order valence-electron chi connectivity index (χ3n) is 2.17. The van der Waals surface area contributed by atoms with E-state index in [1.807, 2.05) is 13.8 Å². The minimum atomic E-state index is -0.355. The highest BCUT2D eigenvalue weighted by atomic mass is 16.6. The molecule has 0 aromatic rings. The van der Waals surface area contributed by atoms with Crippen molar-refractivity contribution in [1.82, 2.24) is 0 Å². The van der Waals surface area contributed by atoms with E-state index in [0.29, 0.717) is 13.2 Å². The Labute approximate surface area is 93.1 Å². The maximum atomic E-state index is 11.4. The number of hydrogen-bond donors (Lipinski definition) is 0. The van der Waals surface area contributed by atoms with E-state index >= 15 is 0 Å². The van der Waals surface area contributed by atoms with Gasteiger partial charge in [0.1, 0.15) is 0 Å². The molecule has 0 aromatic heterocycles. The molecule has 0 saturated heterocycles. The predicted molar refractivity (Wildman–Crippen MR) is 60.8 cm³/mol. The quantitative estimate of drug-likeness (QED) is 0.439. The Bertz CT molecular complexity index is 157. The van der Waals surface area contributed by atoms with E-state index < -0.39 is 0 Å². The number of hydrogen-bond acceptors (Lipinski definition) is 3. The normalized spacial score (nSPS) is 12.5. The fraction of sp³-hybridized carbons (Fsp3) is 0.917. The lowest BCUT2D eigenvalue weighted by atomic mass is 10.2. The van der Waals surface area contributed by atoms with Gasteiger partial charge >= 0.3 is 5.97 Å². The van der Waals surface area contributed by atoms with Crippen molar-refractivity contribution in [3.63, 3.8) is 0 Å². The highest BCUT2D eigenvalue weighted by molar-refractivity contribution is 5.74. The molecule has 1 unspecified atom stereocenters. The molecular weight excluding hydrogens is 192 g/mol. The fourth-order valence-electron chi connectivity index (χ4n) is 1.34. The van der Waals surface area contributed by atoms with Crippen molar-refractivity contribution in [3.05, 3.63) is 0 Å². The van der Waals surface area contributed by atoms with E-state index in [1.165, 1.54) is 6.42 Å².